The van der Waals surface area contributed by atoms with Crippen LogP contribution in [0.15, 0.2) is 0 Å². The molecule has 0 heterocycles. The molecule has 0 bridgehead atoms. The lowest BCUT2D eigenvalue weighted by molar-refractivity contribution is -0.141. The SMILES string of the molecule is CCN(C)C(CSC)CC(=O)OC. The van der Waals surface area contributed by atoms with Crippen LogP contribution in [0.1, 0.15) is 13.3 Å². The van der Waals surface area contributed by atoms with Gasteiger partial charge in [-0.2, -0.15) is 11.8 Å². The number of rotatable bonds is 6. The van der Waals surface area contributed by atoms with Crippen molar-refractivity contribution in [2.75, 3.05) is 32.7 Å². The third-order valence-corrected chi connectivity index (χ3v) is 2.83. The molecule has 1 atom stereocenters. The summed E-state index contributed by atoms with van der Waals surface area (Å²) in [5.74, 6) is 0.846. The van der Waals surface area contributed by atoms with E-state index in [1.165, 1.54) is 7.11 Å². The number of carbonyl (C=O) groups is 1. The molecule has 0 radical (unpaired) electrons. The first kappa shape index (κ1) is 12.8. The van der Waals surface area contributed by atoms with E-state index in [1.54, 1.807) is 11.8 Å². The number of nitrogens with zero attached hydrogens (tertiary/aromatic N) is 1. The highest BCUT2D eigenvalue weighted by Gasteiger charge is 2.16. The van der Waals surface area contributed by atoms with E-state index in [1.807, 2.05) is 13.3 Å². The third-order valence-electron chi connectivity index (χ3n) is 2.11. The lowest BCUT2D eigenvalue weighted by Crippen LogP contribution is -2.35. The molecule has 0 rings (SSSR count). The molecular formula is C9H19NO2S. The number of esters is 1. The summed E-state index contributed by atoms with van der Waals surface area (Å²) in [7, 11) is 3.47. The first-order valence-electron chi connectivity index (χ1n) is 4.41. The molecule has 0 aromatic rings. The van der Waals surface area contributed by atoms with Crippen molar-refractivity contribution >= 4 is 17.7 Å². The van der Waals surface area contributed by atoms with Gasteiger partial charge in [-0.05, 0) is 19.8 Å². The zero-order valence-electron chi connectivity index (χ0n) is 8.87. The summed E-state index contributed by atoms with van der Waals surface area (Å²) < 4.78 is 4.65. The highest BCUT2D eigenvalue weighted by molar-refractivity contribution is 7.98. The van der Waals surface area contributed by atoms with Gasteiger partial charge in [-0.15, -0.1) is 0 Å². The molecule has 0 aliphatic heterocycles. The highest BCUT2D eigenvalue weighted by Crippen LogP contribution is 2.08. The summed E-state index contributed by atoms with van der Waals surface area (Å²) in [5, 5.41) is 0. The van der Waals surface area contributed by atoms with E-state index in [-0.39, 0.29) is 5.97 Å². The fourth-order valence-electron chi connectivity index (χ4n) is 1.07. The summed E-state index contributed by atoms with van der Waals surface area (Å²) >= 11 is 1.76. The van der Waals surface area contributed by atoms with Crippen LogP contribution in [0.5, 0.6) is 0 Å². The van der Waals surface area contributed by atoms with Gasteiger partial charge in [-0.25, -0.2) is 0 Å². The van der Waals surface area contributed by atoms with Gasteiger partial charge in [0.05, 0.1) is 13.5 Å². The van der Waals surface area contributed by atoms with Gasteiger partial charge < -0.3 is 9.64 Å². The Bertz CT molecular complexity index is 153. The minimum absolute atomic E-state index is 0.126. The van der Waals surface area contributed by atoms with E-state index < -0.39 is 0 Å². The Kier molecular flexibility index (Phi) is 7.09. The van der Waals surface area contributed by atoms with E-state index in [0.29, 0.717) is 12.5 Å². The van der Waals surface area contributed by atoms with Crippen LogP contribution in [0, 0.1) is 0 Å². The van der Waals surface area contributed by atoms with Crippen LogP contribution in [0.25, 0.3) is 0 Å². The van der Waals surface area contributed by atoms with E-state index in [4.69, 9.17) is 0 Å². The van der Waals surface area contributed by atoms with Crippen LogP contribution < -0.4 is 0 Å². The topological polar surface area (TPSA) is 29.5 Å². The van der Waals surface area contributed by atoms with Crippen molar-refractivity contribution in [3.63, 3.8) is 0 Å². The van der Waals surface area contributed by atoms with Gasteiger partial charge >= 0.3 is 5.97 Å². The Morgan fingerprint density at radius 3 is 2.62 bits per heavy atom. The molecule has 3 nitrogen and oxygen atoms in total. The quantitative estimate of drug-likeness (QED) is 0.610. The zero-order chi connectivity index (χ0) is 10.3. The standard InChI is InChI=1S/C9H19NO2S/c1-5-10(2)8(7-13-4)6-9(11)12-3/h8H,5-7H2,1-4H3. The molecular weight excluding hydrogens is 186 g/mol. The summed E-state index contributed by atoms with van der Waals surface area (Å²) in [6.45, 7) is 3.05. The second-order valence-corrected chi connectivity index (χ2v) is 3.87. The van der Waals surface area contributed by atoms with Crippen molar-refractivity contribution in [1.82, 2.24) is 4.90 Å². The van der Waals surface area contributed by atoms with Gasteiger partial charge in [0, 0.05) is 11.8 Å². The third kappa shape index (κ3) is 5.16. The van der Waals surface area contributed by atoms with Gasteiger partial charge in [0.25, 0.3) is 0 Å². The Morgan fingerprint density at radius 2 is 2.23 bits per heavy atom. The van der Waals surface area contributed by atoms with Crippen LogP contribution in [-0.2, 0) is 9.53 Å². The van der Waals surface area contributed by atoms with Crippen molar-refractivity contribution in [3.8, 4) is 0 Å². The largest absolute Gasteiger partial charge is 0.469 e. The number of methoxy groups -OCH3 is 1. The minimum atomic E-state index is -0.126. The van der Waals surface area contributed by atoms with Crippen LogP contribution in [0.4, 0.5) is 0 Å². The second kappa shape index (κ2) is 7.21. The average molecular weight is 205 g/mol. The number of carbonyl (C=O) groups excluding carboxylic acids is 1. The summed E-state index contributed by atoms with van der Waals surface area (Å²) in [6, 6.07) is 0.299. The normalized spacial score (nSPS) is 13.0. The molecule has 78 valence electrons. The molecule has 0 fully saturated rings. The molecule has 0 spiro atoms. The van der Waals surface area contributed by atoms with Crippen LogP contribution in [0.2, 0.25) is 0 Å². The lowest BCUT2D eigenvalue weighted by atomic mass is 10.2. The summed E-state index contributed by atoms with van der Waals surface area (Å²) in [6.07, 6.45) is 2.54. The van der Waals surface area contributed by atoms with E-state index >= 15 is 0 Å². The Morgan fingerprint density at radius 1 is 1.62 bits per heavy atom. The van der Waals surface area contributed by atoms with Gasteiger partial charge in [-0.1, -0.05) is 6.92 Å². The zero-order valence-corrected chi connectivity index (χ0v) is 9.69. The van der Waals surface area contributed by atoms with Crippen LogP contribution >= 0.6 is 11.8 Å². The molecule has 0 saturated heterocycles. The molecule has 13 heavy (non-hydrogen) atoms. The Hall–Kier alpha value is -0.220. The smallest absolute Gasteiger partial charge is 0.307 e. The molecule has 0 aromatic heterocycles. The average Bonchev–Trinajstić information content (AvgIpc) is 2.15. The maximum atomic E-state index is 11.1. The van der Waals surface area contributed by atoms with Crippen molar-refractivity contribution in [2.45, 2.75) is 19.4 Å². The van der Waals surface area contributed by atoms with Gasteiger partial charge in [-0.3, -0.25) is 4.79 Å². The highest BCUT2D eigenvalue weighted by atomic mass is 32.2. The number of thioether (sulfide) groups is 1. The predicted molar refractivity (Wildman–Crippen MR) is 57.1 cm³/mol. The van der Waals surface area contributed by atoms with Crippen molar-refractivity contribution in [3.05, 3.63) is 0 Å². The number of ether oxygens (including phenoxy) is 1. The molecule has 0 saturated carbocycles. The summed E-state index contributed by atoms with van der Waals surface area (Å²) in [4.78, 5) is 13.2. The minimum Gasteiger partial charge on any atom is -0.469 e. The van der Waals surface area contributed by atoms with E-state index in [9.17, 15) is 4.79 Å². The lowest BCUT2D eigenvalue weighted by Gasteiger charge is -2.25. The first-order valence-corrected chi connectivity index (χ1v) is 5.81. The molecule has 0 aliphatic carbocycles. The predicted octanol–water partition coefficient (Wildman–Crippen LogP) is 1.23. The molecule has 4 heteroatoms. The molecule has 0 aromatic carbocycles. The maximum absolute atomic E-state index is 11.1. The molecule has 1 unspecified atom stereocenters. The maximum Gasteiger partial charge on any atom is 0.307 e. The first-order chi connectivity index (χ1) is 6.15. The molecule has 0 aliphatic rings. The van der Waals surface area contributed by atoms with Crippen LogP contribution in [0.3, 0.4) is 0 Å². The van der Waals surface area contributed by atoms with Gasteiger partial charge in [0.15, 0.2) is 0 Å². The monoisotopic (exact) mass is 205 g/mol. The number of hydrogen-bond acceptors (Lipinski definition) is 4. The van der Waals surface area contributed by atoms with Crippen molar-refractivity contribution < 1.29 is 9.53 Å². The second-order valence-electron chi connectivity index (χ2n) is 2.96. The summed E-state index contributed by atoms with van der Waals surface area (Å²) in [5.41, 5.74) is 0. The van der Waals surface area contributed by atoms with E-state index in [0.717, 1.165) is 12.3 Å². The Labute approximate surface area is 84.8 Å². The van der Waals surface area contributed by atoms with E-state index in [2.05, 4.69) is 16.6 Å². The van der Waals surface area contributed by atoms with Crippen molar-refractivity contribution in [1.29, 1.82) is 0 Å². The van der Waals surface area contributed by atoms with Crippen molar-refractivity contribution in [2.24, 2.45) is 0 Å². The fourth-order valence-corrected chi connectivity index (χ4v) is 1.83. The molecule has 0 amide bonds. The van der Waals surface area contributed by atoms with Crippen LogP contribution in [-0.4, -0.2) is 49.6 Å². The molecule has 0 N–H and O–H groups in total. The Balaban J connectivity index is 4.00. The van der Waals surface area contributed by atoms with Gasteiger partial charge in [0.2, 0.25) is 0 Å². The van der Waals surface area contributed by atoms with Gasteiger partial charge in [0.1, 0.15) is 0 Å². The fraction of sp³-hybridized carbons (Fsp3) is 0.889. The number of hydrogen-bond donors (Lipinski definition) is 0.